The molecule has 0 saturated heterocycles. The fourth-order valence-electron chi connectivity index (χ4n) is 3.44. The van der Waals surface area contributed by atoms with Crippen LogP contribution in [0.3, 0.4) is 0 Å². The molecule has 1 aromatic heterocycles. The molecule has 0 unspecified atom stereocenters. The molecule has 186 valence electrons. The number of nitrogens with one attached hydrogen (secondary N) is 1. The summed E-state index contributed by atoms with van der Waals surface area (Å²) in [6, 6.07) is 13.8. The summed E-state index contributed by atoms with van der Waals surface area (Å²) in [5, 5.41) is 2.67. The summed E-state index contributed by atoms with van der Waals surface area (Å²) in [4.78, 5) is 25.2. The van der Waals surface area contributed by atoms with E-state index in [1.54, 1.807) is 6.20 Å². The molecule has 1 heterocycles. The number of hydrogen-bond acceptors (Lipinski definition) is 4. The summed E-state index contributed by atoms with van der Waals surface area (Å²) in [6.45, 7) is 4.40. The zero-order valence-corrected chi connectivity index (χ0v) is 19.6. The predicted molar refractivity (Wildman–Crippen MR) is 127 cm³/mol. The topological polar surface area (TPSA) is 94.3 Å². The van der Waals surface area contributed by atoms with Crippen LogP contribution in [0.5, 0.6) is 11.5 Å². The molecule has 0 fully saturated rings. The Labute approximate surface area is 202 Å². The highest BCUT2D eigenvalue weighted by atomic mass is 19.4. The standard InChI is InChI=1S/C25H25F3N2O2.CH3NO/c1-3-21-22(4-2)29-14-12-23(21)32-20-10-5-7-17(15-20)11-13-30-24(31)18-8-6-9-19(16-18)25(26,27)28;2-1-3/h5-10,12,14-16H,3-4,11,13H2,1-2H3,(H,30,31);1H,(H2,2,3). The van der Waals surface area contributed by atoms with E-state index in [1.165, 1.54) is 12.1 Å². The lowest BCUT2D eigenvalue weighted by Gasteiger charge is -2.13. The highest BCUT2D eigenvalue weighted by molar-refractivity contribution is 5.94. The van der Waals surface area contributed by atoms with Crippen LogP contribution in [0.2, 0.25) is 0 Å². The number of ether oxygens (including phenoxy) is 1. The van der Waals surface area contributed by atoms with Crippen LogP contribution in [0.25, 0.3) is 0 Å². The molecule has 0 bridgehead atoms. The number of nitrogens with zero attached hydrogens (tertiary/aromatic N) is 1. The third-order valence-electron chi connectivity index (χ3n) is 5.07. The van der Waals surface area contributed by atoms with Gasteiger partial charge in [-0.3, -0.25) is 14.6 Å². The highest BCUT2D eigenvalue weighted by Gasteiger charge is 2.30. The first-order valence-electron chi connectivity index (χ1n) is 11.1. The number of primary amides is 1. The van der Waals surface area contributed by atoms with Crippen molar-refractivity contribution < 1.29 is 27.5 Å². The molecule has 3 aromatic rings. The van der Waals surface area contributed by atoms with Gasteiger partial charge in [0, 0.05) is 29.6 Å². The van der Waals surface area contributed by atoms with Crippen LogP contribution in [0.4, 0.5) is 13.2 Å². The van der Waals surface area contributed by atoms with Crippen molar-refractivity contribution in [3.05, 3.63) is 88.7 Å². The maximum absolute atomic E-state index is 12.8. The van der Waals surface area contributed by atoms with Crippen molar-refractivity contribution in [2.24, 2.45) is 5.73 Å². The number of rotatable bonds is 8. The first-order chi connectivity index (χ1) is 16.7. The van der Waals surface area contributed by atoms with E-state index in [9.17, 15) is 18.0 Å². The van der Waals surface area contributed by atoms with Crippen molar-refractivity contribution in [3.63, 3.8) is 0 Å². The second-order valence-electron chi connectivity index (χ2n) is 7.41. The first-order valence-corrected chi connectivity index (χ1v) is 11.1. The molecule has 2 aromatic carbocycles. The van der Waals surface area contributed by atoms with Crippen molar-refractivity contribution in [1.82, 2.24) is 10.3 Å². The number of aromatic nitrogens is 1. The Bertz CT molecular complexity index is 1130. The minimum atomic E-state index is -4.49. The Balaban J connectivity index is 0.00000137. The SMILES string of the molecule is CCc1nccc(Oc2cccc(CCNC(=O)c3cccc(C(F)(F)F)c3)c2)c1CC.NC=O. The van der Waals surface area contributed by atoms with E-state index < -0.39 is 17.6 Å². The zero-order chi connectivity index (χ0) is 25.8. The molecule has 6 nitrogen and oxygen atoms in total. The lowest BCUT2D eigenvalue weighted by molar-refractivity contribution is -0.137. The summed E-state index contributed by atoms with van der Waals surface area (Å²) in [5.74, 6) is 0.906. The van der Waals surface area contributed by atoms with Gasteiger partial charge in [0.05, 0.1) is 5.56 Å². The second-order valence-corrected chi connectivity index (χ2v) is 7.41. The molecule has 0 spiro atoms. The van der Waals surface area contributed by atoms with Crippen molar-refractivity contribution in [3.8, 4) is 11.5 Å². The maximum atomic E-state index is 12.8. The molecule has 2 amide bonds. The molecular weight excluding hydrogens is 459 g/mol. The monoisotopic (exact) mass is 487 g/mol. The third-order valence-corrected chi connectivity index (χ3v) is 5.07. The van der Waals surface area contributed by atoms with Crippen LogP contribution >= 0.6 is 0 Å². The average molecular weight is 488 g/mol. The zero-order valence-electron chi connectivity index (χ0n) is 19.6. The van der Waals surface area contributed by atoms with E-state index in [1.807, 2.05) is 30.3 Å². The summed E-state index contributed by atoms with van der Waals surface area (Å²) >= 11 is 0. The molecule has 3 N–H and O–H groups in total. The number of alkyl halides is 3. The fraction of sp³-hybridized carbons (Fsp3) is 0.269. The van der Waals surface area contributed by atoms with Crippen LogP contribution in [0, 0.1) is 0 Å². The summed E-state index contributed by atoms with van der Waals surface area (Å²) in [7, 11) is 0. The lowest BCUT2D eigenvalue weighted by atomic mass is 10.1. The summed E-state index contributed by atoms with van der Waals surface area (Å²) in [5.41, 5.74) is 6.33. The molecule has 35 heavy (non-hydrogen) atoms. The van der Waals surface area contributed by atoms with Gasteiger partial charge in [-0.05, 0) is 61.2 Å². The Morgan fingerprint density at radius 2 is 1.80 bits per heavy atom. The number of carbonyl (C=O) groups is 2. The molecule has 0 radical (unpaired) electrons. The van der Waals surface area contributed by atoms with Crippen molar-refractivity contribution in [2.75, 3.05) is 6.54 Å². The van der Waals surface area contributed by atoms with E-state index in [4.69, 9.17) is 9.53 Å². The number of aryl methyl sites for hydroxylation is 1. The third kappa shape index (κ3) is 8.13. The van der Waals surface area contributed by atoms with Crippen LogP contribution in [0.1, 0.15) is 46.6 Å². The van der Waals surface area contributed by atoms with Gasteiger partial charge in [0.25, 0.3) is 5.91 Å². The van der Waals surface area contributed by atoms with Gasteiger partial charge in [-0.1, -0.05) is 32.0 Å². The van der Waals surface area contributed by atoms with Gasteiger partial charge in [0.2, 0.25) is 6.41 Å². The molecule has 0 saturated carbocycles. The molecule has 9 heteroatoms. The number of carbonyl (C=O) groups excluding carboxylic acids is 2. The first kappa shape index (κ1) is 27.4. The van der Waals surface area contributed by atoms with Crippen LogP contribution in [-0.4, -0.2) is 23.8 Å². The molecule has 0 aliphatic rings. The van der Waals surface area contributed by atoms with E-state index in [-0.39, 0.29) is 18.5 Å². The Morgan fingerprint density at radius 1 is 1.09 bits per heavy atom. The molecule has 0 aliphatic carbocycles. The molecular formula is C26H28F3N3O3. The molecule has 0 aliphatic heterocycles. The van der Waals surface area contributed by atoms with Gasteiger partial charge in [-0.15, -0.1) is 0 Å². The highest BCUT2D eigenvalue weighted by Crippen LogP contribution is 2.30. The average Bonchev–Trinajstić information content (AvgIpc) is 2.84. The number of pyridine rings is 1. The van der Waals surface area contributed by atoms with E-state index >= 15 is 0 Å². The number of benzene rings is 2. The van der Waals surface area contributed by atoms with Crippen LogP contribution in [-0.2, 0) is 30.2 Å². The minimum Gasteiger partial charge on any atom is -0.457 e. The Kier molecular flexibility index (Phi) is 10.3. The van der Waals surface area contributed by atoms with Crippen molar-refractivity contribution in [2.45, 2.75) is 39.3 Å². The number of halogens is 3. The summed E-state index contributed by atoms with van der Waals surface area (Å²) < 4.78 is 44.6. The number of hydrogen-bond donors (Lipinski definition) is 2. The van der Waals surface area contributed by atoms with Crippen LogP contribution < -0.4 is 15.8 Å². The molecule has 0 atom stereocenters. The lowest BCUT2D eigenvalue weighted by Crippen LogP contribution is -2.26. The Morgan fingerprint density at radius 3 is 2.46 bits per heavy atom. The summed E-state index contributed by atoms with van der Waals surface area (Å²) in [6.07, 6.45) is -0.347. The quantitative estimate of drug-likeness (QED) is 0.433. The van der Waals surface area contributed by atoms with E-state index in [2.05, 4.69) is 29.9 Å². The predicted octanol–water partition coefficient (Wildman–Crippen LogP) is 5.09. The van der Waals surface area contributed by atoms with Gasteiger partial charge < -0.3 is 15.8 Å². The number of amides is 2. The maximum Gasteiger partial charge on any atom is 0.416 e. The second kappa shape index (κ2) is 13.1. The van der Waals surface area contributed by atoms with Crippen LogP contribution in [0.15, 0.2) is 60.8 Å². The van der Waals surface area contributed by atoms with Crippen molar-refractivity contribution in [1.29, 1.82) is 0 Å². The van der Waals surface area contributed by atoms with Crippen molar-refractivity contribution >= 4 is 12.3 Å². The van der Waals surface area contributed by atoms with E-state index in [0.29, 0.717) is 12.2 Å². The normalized spacial score (nSPS) is 10.7. The number of nitrogens with two attached hydrogens (primary N) is 1. The van der Waals surface area contributed by atoms with E-state index in [0.717, 1.165) is 47.5 Å². The van der Waals surface area contributed by atoms with Gasteiger partial charge >= 0.3 is 6.18 Å². The minimum absolute atomic E-state index is 0.0200. The molecule has 3 rings (SSSR count). The largest absolute Gasteiger partial charge is 0.457 e. The van der Waals surface area contributed by atoms with Gasteiger partial charge in [-0.2, -0.15) is 13.2 Å². The fourth-order valence-corrected chi connectivity index (χ4v) is 3.44. The van der Waals surface area contributed by atoms with Gasteiger partial charge in [0.1, 0.15) is 11.5 Å². The van der Waals surface area contributed by atoms with Gasteiger partial charge in [0.15, 0.2) is 0 Å². The smallest absolute Gasteiger partial charge is 0.416 e. The van der Waals surface area contributed by atoms with Gasteiger partial charge in [-0.25, -0.2) is 0 Å². The Hall–Kier alpha value is -3.88.